The molecule has 0 heterocycles. The largest absolute Gasteiger partial charge is 0.396 e. The van der Waals surface area contributed by atoms with Gasteiger partial charge in [0.2, 0.25) is 0 Å². The standard InChI is InChI=1S/C15H23NO2/c1-11(18)12-5-7-13(8-6-12)16-14(9-10-17)15(2,3)4/h5-8,14,16-17H,9-10H2,1-4H3. The number of rotatable bonds is 5. The minimum absolute atomic E-state index is 0.0714. The highest BCUT2D eigenvalue weighted by Gasteiger charge is 2.23. The topological polar surface area (TPSA) is 49.3 Å². The van der Waals surface area contributed by atoms with Crippen LogP contribution in [0.5, 0.6) is 0 Å². The highest BCUT2D eigenvalue weighted by Crippen LogP contribution is 2.25. The zero-order valence-corrected chi connectivity index (χ0v) is 11.7. The number of hydrogen-bond donors (Lipinski definition) is 2. The maximum atomic E-state index is 11.2. The summed E-state index contributed by atoms with van der Waals surface area (Å²) in [5.74, 6) is 0.0734. The number of carbonyl (C=O) groups is 1. The van der Waals surface area contributed by atoms with Gasteiger partial charge in [0, 0.05) is 23.9 Å². The van der Waals surface area contributed by atoms with Gasteiger partial charge in [0.15, 0.2) is 5.78 Å². The first-order chi connectivity index (χ1) is 8.34. The lowest BCUT2D eigenvalue weighted by molar-refractivity contribution is 0.101. The van der Waals surface area contributed by atoms with Crippen LogP contribution in [0.2, 0.25) is 0 Å². The molecule has 0 aromatic heterocycles. The van der Waals surface area contributed by atoms with Crippen molar-refractivity contribution in [3.63, 3.8) is 0 Å². The molecule has 0 saturated heterocycles. The van der Waals surface area contributed by atoms with Crippen molar-refractivity contribution in [2.75, 3.05) is 11.9 Å². The summed E-state index contributed by atoms with van der Waals surface area (Å²) in [6, 6.07) is 7.66. The summed E-state index contributed by atoms with van der Waals surface area (Å²) in [5.41, 5.74) is 1.77. The summed E-state index contributed by atoms with van der Waals surface area (Å²) >= 11 is 0. The van der Waals surface area contributed by atoms with Crippen molar-refractivity contribution >= 4 is 11.5 Å². The molecule has 0 radical (unpaired) electrons. The van der Waals surface area contributed by atoms with Gasteiger partial charge in [-0.05, 0) is 43.0 Å². The van der Waals surface area contributed by atoms with Crippen LogP contribution in [-0.4, -0.2) is 23.5 Å². The van der Waals surface area contributed by atoms with E-state index in [1.165, 1.54) is 0 Å². The van der Waals surface area contributed by atoms with Crippen molar-refractivity contribution in [3.05, 3.63) is 29.8 Å². The lowest BCUT2D eigenvalue weighted by Gasteiger charge is -2.32. The molecular weight excluding hydrogens is 226 g/mol. The third-order valence-electron chi connectivity index (χ3n) is 3.10. The number of ketones is 1. The molecule has 0 amide bonds. The molecule has 0 aliphatic heterocycles. The van der Waals surface area contributed by atoms with Gasteiger partial charge in [0.05, 0.1) is 0 Å². The van der Waals surface area contributed by atoms with Crippen LogP contribution >= 0.6 is 0 Å². The fraction of sp³-hybridized carbons (Fsp3) is 0.533. The Morgan fingerprint density at radius 2 is 1.83 bits per heavy atom. The third kappa shape index (κ3) is 4.15. The average Bonchev–Trinajstić information content (AvgIpc) is 2.28. The first kappa shape index (κ1) is 14.7. The molecule has 0 bridgehead atoms. The van der Waals surface area contributed by atoms with Gasteiger partial charge < -0.3 is 10.4 Å². The molecule has 0 aliphatic carbocycles. The molecule has 1 aromatic carbocycles. The van der Waals surface area contributed by atoms with E-state index in [0.29, 0.717) is 6.42 Å². The highest BCUT2D eigenvalue weighted by atomic mass is 16.3. The quantitative estimate of drug-likeness (QED) is 0.788. The minimum atomic E-state index is 0.0714. The first-order valence-corrected chi connectivity index (χ1v) is 6.33. The van der Waals surface area contributed by atoms with Crippen molar-refractivity contribution in [3.8, 4) is 0 Å². The molecular formula is C15H23NO2. The summed E-state index contributed by atoms with van der Waals surface area (Å²) in [4.78, 5) is 11.2. The zero-order valence-electron chi connectivity index (χ0n) is 11.7. The second kappa shape index (κ2) is 6.01. The van der Waals surface area contributed by atoms with E-state index >= 15 is 0 Å². The van der Waals surface area contributed by atoms with Gasteiger partial charge in [-0.3, -0.25) is 4.79 Å². The lowest BCUT2D eigenvalue weighted by atomic mass is 9.84. The highest BCUT2D eigenvalue weighted by molar-refractivity contribution is 5.94. The molecule has 0 saturated carbocycles. The van der Waals surface area contributed by atoms with Crippen molar-refractivity contribution < 1.29 is 9.90 Å². The molecule has 100 valence electrons. The predicted molar refractivity (Wildman–Crippen MR) is 75.0 cm³/mol. The first-order valence-electron chi connectivity index (χ1n) is 6.33. The number of aliphatic hydroxyl groups excluding tert-OH is 1. The molecule has 0 fully saturated rings. The van der Waals surface area contributed by atoms with Crippen LogP contribution in [0.4, 0.5) is 5.69 Å². The van der Waals surface area contributed by atoms with Crippen LogP contribution in [0.3, 0.4) is 0 Å². The Morgan fingerprint density at radius 3 is 2.22 bits per heavy atom. The second-order valence-corrected chi connectivity index (χ2v) is 5.71. The van der Waals surface area contributed by atoms with Crippen LogP contribution in [0.1, 0.15) is 44.5 Å². The number of Topliss-reactive ketones (excluding diaryl/α,β-unsaturated/α-hetero) is 1. The Bertz CT molecular complexity index is 390. The van der Waals surface area contributed by atoms with Crippen LogP contribution in [0.25, 0.3) is 0 Å². The number of benzene rings is 1. The van der Waals surface area contributed by atoms with E-state index in [9.17, 15) is 4.79 Å². The van der Waals surface area contributed by atoms with E-state index in [1.807, 2.05) is 24.3 Å². The Balaban J connectivity index is 2.78. The molecule has 18 heavy (non-hydrogen) atoms. The van der Waals surface area contributed by atoms with Crippen LogP contribution < -0.4 is 5.32 Å². The molecule has 3 heteroatoms. The molecule has 1 rings (SSSR count). The van der Waals surface area contributed by atoms with Crippen molar-refractivity contribution in [1.29, 1.82) is 0 Å². The Morgan fingerprint density at radius 1 is 1.28 bits per heavy atom. The summed E-state index contributed by atoms with van der Waals surface area (Å²) < 4.78 is 0. The summed E-state index contributed by atoms with van der Waals surface area (Å²) in [6.07, 6.45) is 0.706. The zero-order chi connectivity index (χ0) is 13.8. The van der Waals surface area contributed by atoms with Crippen LogP contribution in [-0.2, 0) is 0 Å². The minimum Gasteiger partial charge on any atom is -0.396 e. The molecule has 1 unspecified atom stereocenters. The Hall–Kier alpha value is -1.35. The van der Waals surface area contributed by atoms with Gasteiger partial charge in [-0.2, -0.15) is 0 Å². The third-order valence-corrected chi connectivity index (χ3v) is 3.10. The van der Waals surface area contributed by atoms with E-state index in [-0.39, 0.29) is 23.8 Å². The molecule has 2 N–H and O–H groups in total. The van der Waals surface area contributed by atoms with Gasteiger partial charge in [-0.1, -0.05) is 20.8 Å². The van der Waals surface area contributed by atoms with Crippen molar-refractivity contribution in [2.24, 2.45) is 5.41 Å². The van der Waals surface area contributed by atoms with Crippen LogP contribution in [0.15, 0.2) is 24.3 Å². The number of aliphatic hydroxyl groups is 1. The fourth-order valence-corrected chi connectivity index (χ4v) is 1.85. The maximum Gasteiger partial charge on any atom is 0.159 e. The number of nitrogens with one attached hydrogen (secondary N) is 1. The molecule has 0 aliphatic rings. The van der Waals surface area contributed by atoms with Gasteiger partial charge in [0.25, 0.3) is 0 Å². The number of anilines is 1. The van der Waals surface area contributed by atoms with E-state index in [4.69, 9.17) is 5.11 Å². The number of hydrogen-bond acceptors (Lipinski definition) is 3. The van der Waals surface area contributed by atoms with Crippen molar-refractivity contribution in [2.45, 2.75) is 40.2 Å². The summed E-state index contributed by atoms with van der Waals surface area (Å²) in [6.45, 7) is 8.16. The molecule has 1 atom stereocenters. The average molecular weight is 249 g/mol. The smallest absolute Gasteiger partial charge is 0.159 e. The Labute approximate surface area is 109 Å². The normalized spacial score (nSPS) is 13.2. The Kier molecular flexibility index (Phi) is 4.91. The van der Waals surface area contributed by atoms with E-state index in [0.717, 1.165) is 11.3 Å². The van der Waals surface area contributed by atoms with Gasteiger partial charge in [-0.25, -0.2) is 0 Å². The SMILES string of the molecule is CC(=O)c1ccc(NC(CCO)C(C)(C)C)cc1. The monoisotopic (exact) mass is 249 g/mol. The predicted octanol–water partition coefficient (Wildman–Crippen LogP) is 3.10. The summed E-state index contributed by atoms with van der Waals surface area (Å²) in [5, 5.41) is 12.5. The van der Waals surface area contributed by atoms with Crippen LogP contribution in [0, 0.1) is 5.41 Å². The molecule has 1 aromatic rings. The second-order valence-electron chi connectivity index (χ2n) is 5.71. The van der Waals surface area contributed by atoms with E-state index < -0.39 is 0 Å². The number of carbonyl (C=O) groups excluding carboxylic acids is 1. The van der Waals surface area contributed by atoms with Crippen molar-refractivity contribution in [1.82, 2.24) is 0 Å². The van der Waals surface area contributed by atoms with Gasteiger partial charge in [0.1, 0.15) is 0 Å². The van der Waals surface area contributed by atoms with E-state index in [2.05, 4.69) is 26.1 Å². The van der Waals surface area contributed by atoms with Gasteiger partial charge in [-0.15, -0.1) is 0 Å². The summed E-state index contributed by atoms with van der Waals surface area (Å²) in [7, 11) is 0. The molecule has 3 nitrogen and oxygen atoms in total. The molecule has 0 spiro atoms. The van der Waals surface area contributed by atoms with Gasteiger partial charge >= 0.3 is 0 Å². The lowest BCUT2D eigenvalue weighted by Crippen LogP contribution is -2.34. The van der Waals surface area contributed by atoms with E-state index in [1.54, 1.807) is 6.92 Å². The fourth-order valence-electron chi connectivity index (χ4n) is 1.85. The maximum absolute atomic E-state index is 11.2.